The van der Waals surface area contributed by atoms with Crippen LogP contribution < -0.4 is 10.1 Å². The van der Waals surface area contributed by atoms with E-state index in [0.717, 1.165) is 34.5 Å². The molecule has 4 nitrogen and oxygen atoms in total. The summed E-state index contributed by atoms with van der Waals surface area (Å²) in [5, 5.41) is 4.00. The molecule has 2 heterocycles. The molecule has 142 valence electrons. The molecule has 0 aliphatic heterocycles. The van der Waals surface area contributed by atoms with Crippen LogP contribution in [0.5, 0.6) is 5.75 Å². The molecule has 0 atom stereocenters. The second-order valence-electron chi connectivity index (χ2n) is 6.27. The smallest absolute Gasteiger partial charge is 0.416 e. The van der Waals surface area contributed by atoms with Gasteiger partial charge in [0.05, 0.1) is 18.2 Å². The summed E-state index contributed by atoms with van der Waals surface area (Å²) in [5.41, 5.74) is 2.01. The van der Waals surface area contributed by atoms with E-state index in [1.807, 2.05) is 30.3 Å². The van der Waals surface area contributed by atoms with Crippen molar-refractivity contribution >= 4 is 22.4 Å². The first-order chi connectivity index (χ1) is 13.4. The number of fused-ring (bicyclic) bond motifs is 1. The van der Waals surface area contributed by atoms with Crippen molar-refractivity contribution < 1.29 is 17.9 Å². The lowest BCUT2D eigenvalue weighted by atomic mass is 10.1. The van der Waals surface area contributed by atoms with Gasteiger partial charge in [0.15, 0.2) is 0 Å². The minimum Gasteiger partial charge on any atom is -0.497 e. The number of nitrogens with zero attached hydrogens (tertiary/aromatic N) is 1. The molecule has 0 saturated heterocycles. The number of halogens is 3. The van der Waals surface area contributed by atoms with Crippen LogP contribution in [0.3, 0.4) is 0 Å². The third-order valence-corrected chi connectivity index (χ3v) is 4.37. The van der Waals surface area contributed by atoms with Crippen molar-refractivity contribution in [3.8, 4) is 17.0 Å². The number of H-pyrrole nitrogens is 1. The van der Waals surface area contributed by atoms with Gasteiger partial charge in [-0.05, 0) is 48.0 Å². The van der Waals surface area contributed by atoms with Crippen molar-refractivity contribution in [2.75, 3.05) is 12.4 Å². The summed E-state index contributed by atoms with van der Waals surface area (Å²) in [6, 6.07) is 16.2. The number of rotatable bonds is 4. The molecule has 28 heavy (non-hydrogen) atoms. The van der Waals surface area contributed by atoms with E-state index in [9.17, 15) is 13.2 Å². The zero-order chi connectivity index (χ0) is 19.7. The van der Waals surface area contributed by atoms with E-state index >= 15 is 0 Å². The zero-order valence-corrected chi connectivity index (χ0v) is 14.8. The molecule has 0 fully saturated rings. The van der Waals surface area contributed by atoms with Gasteiger partial charge in [-0.15, -0.1) is 0 Å². The predicted octanol–water partition coefficient (Wildman–Crippen LogP) is 6.00. The van der Waals surface area contributed by atoms with E-state index in [0.29, 0.717) is 17.1 Å². The molecular weight excluding hydrogens is 367 g/mol. The van der Waals surface area contributed by atoms with Crippen LogP contribution in [0.15, 0.2) is 66.9 Å². The fourth-order valence-corrected chi connectivity index (χ4v) is 2.94. The van der Waals surface area contributed by atoms with E-state index in [1.165, 1.54) is 6.07 Å². The molecule has 2 aromatic heterocycles. The Morgan fingerprint density at radius 1 is 1.00 bits per heavy atom. The Hall–Kier alpha value is -3.48. The number of anilines is 2. The van der Waals surface area contributed by atoms with E-state index in [1.54, 1.807) is 25.4 Å². The SMILES string of the molecule is COc1ccc(Nc2cc3[nH]c(-c4cccc(C(F)(F)F)c4)cc3cn2)cc1. The second kappa shape index (κ2) is 6.92. The van der Waals surface area contributed by atoms with Gasteiger partial charge >= 0.3 is 6.18 Å². The highest BCUT2D eigenvalue weighted by Gasteiger charge is 2.30. The number of ether oxygens (including phenoxy) is 1. The molecule has 0 aliphatic carbocycles. The van der Waals surface area contributed by atoms with Gasteiger partial charge in [0, 0.05) is 29.0 Å². The highest BCUT2D eigenvalue weighted by Crippen LogP contribution is 2.33. The lowest BCUT2D eigenvalue weighted by molar-refractivity contribution is -0.137. The third kappa shape index (κ3) is 3.64. The minimum absolute atomic E-state index is 0.468. The molecule has 0 amide bonds. The number of pyridine rings is 1. The van der Waals surface area contributed by atoms with Crippen molar-refractivity contribution in [2.24, 2.45) is 0 Å². The lowest BCUT2D eigenvalue weighted by Gasteiger charge is -2.07. The third-order valence-electron chi connectivity index (χ3n) is 4.37. The number of nitrogens with one attached hydrogen (secondary N) is 2. The molecule has 0 radical (unpaired) electrons. The van der Waals surface area contributed by atoms with Crippen LogP contribution in [0.4, 0.5) is 24.7 Å². The van der Waals surface area contributed by atoms with Gasteiger partial charge in [-0.25, -0.2) is 4.98 Å². The van der Waals surface area contributed by atoms with Crippen LogP contribution in [-0.4, -0.2) is 17.1 Å². The van der Waals surface area contributed by atoms with Crippen LogP contribution in [0.25, 0.3) is 22.2 Å². The Kier molecular flexibility index (Phi) is 4.43. The van der Waals surface area contributed by atoms with Crippen LogP contribution >= 0.6 is 0 Å². The van der Waals surface area contributed by atoms with Gasteiger partial charge in [0.1, 0.15) is 11.6 Å². The van der Waals surface area contributed by atoms with Gasteiger partial charge in [-0.1, -0.05) is 12.1 Å². The highest BCUT2D eigenvalue weighted by molar-refractivity contribution is 5.87. The van der Waals surface area contributed by atoms with Crippen molar-refractivity contribution in [2.45, 2.75) is 6.18 Å². The highest BCUT2D eigenvalue weighted by atomic mass is 19.4. The average Bonchev–Trinajstić information content (AvgIpc) is 3.11. The maximum atomic E-state index is 13.0. The Morgan fingerprint density at radius 2 is 1.79 bits per heavy atom. The summed E-state index contributed by atoms with van der Waals surface area (Å²) in [4.78, 5) is 7.53. The van der Waals surface area contributed by atoms with Crippen molar-refractivity contribution in [3.05, 3.63) is 72.4 Å². The summed E-state index contributed by atoms with van der Waals surface area (Å²) in [6.45, 7) is 0. The van der Waals surface area contributed by atoms with Crippen molar-refractivity contribution in [3.63, 3.8) is 0 Å². The fourth-order valence-electron chi connectivity index (χ4n) is 2.94. The zero-order valence-electron chi connectivity index (χ0n) is 14.8. The summed E-state index contributed by atoms with van der Waals surface area (Å²) in [7, 11) is 1.60. The minimum atomic E-state index is -4.38. The largest absolute Gasteiger partial charge is 0.497 e. The molecule has 0 unspecified atom stereocenters. The van der Waals surface area contributed by atoms with E-state index in [2.05, 4.69) is 15.3 Å². The number of aromatic amines is 1. The maximum Gasteiger partial charge on any atom is 0.416 e. The van der Waals surface area contributed by atoms with Crippen LogP contribution in [0, 0.1) is 0 Å². The van der Waals surface area contributed by atoms with Crippen molar-refractivity contribution in [1.29, 1.82) is 0 Å². The molecular formula is C21H16F3N3O. The van der Waals surface area contributed by atoms with Gasteiger partial charge < -0.3 is 15.0 Å². The quantitative estimate of drug-likeness (QED) is 0.454. The van der Waals surface area contributed by atoms with Gasteiger partial charge in [-0.3, -0.25) is 0 Å². The Morgan fingerprint density at radius 3 is 2.50 bits per heavy atom. The maximum absolute atomic E-state index is 13.0. The first-order valence-electron chi connectivity index (χ1n) is 8.50. The Labute approximate surface area is 159 Å². The number of hydrogen-bond donors (Lipinski definition) is 2. The summed E-state index contributed by atoms with van der Waals surface area (Å²) >= 11 is 0. The summed E-state index contributed by atoms with van der Waals surface area (Å²) < 4.78 is 44.0. The van der Waals surface area contributed by atoms with Gasteiger partial charge in [0.25, 0.3) is 0 Å². The monoisotopic (exact) mass is 383 g/mol. The summed E-state index contributed by atoms with van der Waals surface area (Å²) in [5.74, 6) is 1.37. The van der Waals surface area contributed by atoms with E-state index in [-0.39, 0.29) is 0 Å². The predicted molar refractivity (Wildman–Crippen MR) is 103 cm³/mol. The van der Waals surface area contributed by atoms with Crippen LogP contribution in [0.1, 0.15) is 5.56 Å². The second-order valence-corrected chi connectivity index (χ2v) is 6.27. The van der Waals surface area contributed by atoms with Crippen LogP contribution in [-0.2, 0) is 6.18 Å². The molecule has 0 spiro atoms. The van der Waals surface area contributed by atoms with Gasteiger partial charge in [-0.2, -0.15) is 13.2 Å². The number of methoxy groups -OCH3 is 1. The van der Waals surface area contributed by atoms with E-state index in [4.69, 9.17) is 4.74 Å². The lowest BCUT2D eigenvalue weighted by Crippen LogP contribution is -2.04. The first-order valence-corrected chi connectivity index (χ1v) is 8.50. The van der Waals surface area contributed by atoms with Crippen molar-refractivity contribution in [1.82, 2.24) is 9.97 Å². The van der Waals surface area contributed by atoms with Crippen LogP contribution in [0.2, 0.25) is 0 Å². The molecule has 2 aromatic carbocycles. The fraction of sp³-hybridized carbons (Fsp3) is 0.0952. The molecule has 0 aliphatic rings. The van der Waals surface area contributed by atoms with E-state index < -0.39 is 11.7 Å². The number of benzene rings is 2. The number of aromatic nitrogens is 2. The topological polar surface area (TPSA) is 49.9 Å². The Balaban J connectivity index is 1.63. The number of hydrogen-bond acceptors (Lipinski definition) is 3. The first kappa shape index (κ1) is 17.9. The molecule has 4 aromatic rings. The molecule has 0 saturated carbocycles. The Bertz CT molecular complexity index is 1120. The molecule has 2 N–H and O–H groups in total. The van der Waals surface area contributed by atoms with Gasteiger partial charge in [0.2, 0.25) is 0 Å². The molecule has 0 bridgehead atoms. The standard InChI is InChI=1S/C21H16F3N3O/c1-28-17-7-5-16(6-8-17)26-20-11-19-14(12-25-20)10-18(27-19)13-3-2-4-15(9-13)21(22,23)24/h2-12,27H,1H3,(H,25,26). The molecule has 4 rings (SSSR count). The molecule has 7 heteroatoms. The normalized spacial score (nSPS) is 11.6. The number of alkyl halides is 3. The average molecular weight is 383 g/mol. The summed E-state index contributed by atoms with van der Waals surface area (Å²) in [6.07, 6.45) is -2.70.